The third kappa shape index (κ3) is 3.54. The summed E-state index contributed by atoms with van der Waals surface area (Å²) in [5, 5.41) is 11.4. The summed E-state index contributed by atoms with van der Waals surface area (Å²) >= 11 is 0. The molecule has 4 N–H and O–H groups in total. The highest BCUT2D eigenvalue weighted by Crippen LogP contribution is 2.09. The minimum absolute atomic E-state index is 0.145. The highest BCUT2D eigenvalue weighted by Gasteiger charge is 2.14. The Morgan fingerprint density at radius 1 is 1.27 bits per heavy atom. The number of halogens is 1. The lowest BCUT2D eigenvalue weighted by Gasteiger charge is -2.07. The van der Waals surface area contributed by atoms with Gasteiger partial charge in [0.25, 0.3) is 5.91 Å². The number of carbonyl (C=O) groups excluding carboxylic acids is 1. The Morgan fingerprint density at radius 3 is 2.59 bits per heavy atom. The number of hydrogen-bond acceptors (Lipinski definition) is 5. The number of carboxylic acid groups (broad SMARTS) is 1. The van der Waals surface area contributed by atoms with E-state index in [0.29, 0.717) is 11.1 Å². The number of aromatic nitrogens is 2. The molecule has 0 fully saturated rings. The summed E-state index contributed by atoms with van der Waals surface area (Å²) in [6.45, 7) is 1.76. The van der Waals surface area contributed by atoms with Gasteiger partial charge in [0.05, 0.1) is 0 Å². The van der Waals surface area contributed by atoms with Crippen molar-refractivity contribution in [3.63, 3.8) is 0 Å². The number of hydrogen-bond donors (Lipinski definition) is 3. The van der Waals surface area contributed by atoms with E-state index in [1.54, 1.807) is 19.1 Å². The van der Waals surface area contributed by atoms with Crippen LogP contribution in [0.5, 0.6) is 0 Å². The lowest BCUT2D eigenvalue weighted by Crippen LogP contribution is -2.25. The molecule has 0 spiro atoms. The number of nitrogen functional groups attached to an aromatic ring is 1. The molecule has 2 aromatic rings. The number of carbonyl (C=O) groups is 2. The summed E-state index contributed by atoms with van der Waals surface area (Å²) in [5.41, 5.74) is 6.02. The predicted octanol–water partition coefficient (Wildman–Crippen LogP) is 1.13. The molecule has 22 heavy (non-hydrogen) atoms. The second-order valence-electron chi connectivity index (χ2n) is 4.57. The van der Waals surface area contributed by atoms with Crippen molar-refractivity contribution in [1.82, 2.24) is 15.3 Å². The minimum atomic E-state index is -1.31. The Kier molecular flexibility index (Phi) is 4.31. The fourth-order valence-electron chi connectivity index (χ4n) is 1.78. The first-order valence-corrected chi connectivity index (χ1v) is 6.28. The third-order valence-electron chi connectivity index (χ3n) is 2.87. The van der Waals surface area contributed by atoms with E-state index in [0.717, 1.165) is 6.07 Å². The van der Waals surface area contributed by atoms with Crippen LogP contribution in [0.2, 0.25) is 0 Å². The standard InChI is InChI=1S/C14H13FN4O3/c1-7-4-8(2-3-9(7)15)6-17-12(20)10-5-11(13(21)22)19-14(16)18-10/h2-5H,6H2,1H3,(H,17,20)(H,21,22)(H2,16,18,19). The lowest BCUT2D eigenvalue weighted by molar-refractivity contribution is 0.0690. The first kappa shape index (κ1) is 15.4. The smallest absolute Gasteiger partial charge is 0.354 e. The van der Waals surface area contributed by atoms with Crippen LogP contribution in [0.1, 0.15) is 32.1 Å². The Balaban J connectivity index is 2.12. The summed E-state index contributed by atoms with van der Waals surface area (Å²) < 4.78 is 13.2. The molecular formula is C14H13FN4O3. The van der Waals surface area contributed by atoms with Crippen molar-refractivity contribution in [2.45, 2.75) is 13.5 Å². The number of anilines is 1. The van der Waals surface area contributed by atoms with Crippen LogP contribution >= 0.6 is 0 Å². The fraction of sp³-hybridized carbons (Fsp3) is 0.143. The van der Waals surface area contributed by atoms with E-state index in [9.17, 15) is 14.0 Å². The van der Waals surface area contributed by atoms with Crippen LogP contribution in [0, 0.1) is 12.7 Å². The van der Waals surface area contributed by atoms with Gasteiger partial charge in [0.15, 0.2) is 5.69 Å². The Labute approximate surface area is 125 Å². The molecule has 0 aliphatic carbocycles. The molecule has 0 atom stereocenters. The molecule has 7 nitrogen and oxygen atoms in total. The number of aromatic carboxylic acids is 1. The van der Waals surface area contributed by atoms with Crippen molar-refractivity contribution < 1.29 is 19.1 Å². The number of nitrogens with zero attached hydrogens (tertiary/aromatic N) is 2. The van der Waals surface area contributed by atoms with Crippen LogP contribution in [-0.4, -0.2) is 27.0 Å². The molecule has 0 saturated carbocycles. The molecule has 0 radical (unpaired) electrons. The minimum Gasteiger partial charge on any atom is -0.477 e. The van der Waals surface area contributed by atoms with Gasteiger partial charge in [0.2, 0.25) is 5.95 Å². The van der Waals surface area contributed by atoms with E-state index in [-0.39, 0.29) is 29.7 Å². The normalized spacial score (nSPS) is 10.3. The average Bonchev–Trinajstić information content (AvgIpc) is 2.47. The average molecular weight is 304 g/mol. The fourth-order valence-corrected chi connectivity index (χ4v) is 1.78. The number of aryl methyl sites for hydroxylation is 1. The van der Waals surface area contributed by atoms with E-state index in [4.69, 9.17) is 10.8 Å². The van der Waals surface area contributed by atoms with Gasteiger partial charge < -0.3 is 16.2 Å². The molecule has 0 unspecified atom stereocenters. The quantitative estimate of drug-likeness (QED) is 0.779. The first-order valence-electron chi connectivity index (χ1n) is 6.28. The molecule has 0 aliphatic rings. The van der Waals surface area contributed by atoms with Gasteiger partial charge in [0, 0.05) is 12.6 Å². The highest BCUT2D eigenvalue weighted by molar-refractivity contribution is 5.95. The molecule has 1 amide bonds. The first-order chi connectivity index (χ1) is 10.4. The van der Waals surface area contributed by atoms with Crippen molar-refractivity contribution in [3.05, 3.63) is 52.6 Å². The maximum atomic E-state index is 13.2. The molecular weight excluding hydrogens is 291 g/mol. The van der Waals surface area contributed by atoms with Crippen molar-refractivity contribution in [1.29, 1.82) is 0 Å². The van der Waals surface area contributed by atoms with Crippen molar-refractivity contribution in [2.75, 3.05) is 5.73 Å². The Morgan fingerprint density at radius 2 is 1.95 bits per heavy atom. The SMILES string of the molecule is Cc1cc(CNC(=O)c2cc(C(=O)O)nc(N)n2)ccc1F. The monoisotopic (exact) mass is 304 g/mol. The number of carboxylic acids is 1. The number of amides is 1. The van der Waals surface area contributed by atoms with Crippen LogP contribution in [0.4, 0.5) is 10.3 Å². The summed E-state index contributed by atoms with van der Waals surface area (Å²) in [5.74, 6) is -2.54. The van der Waals surface area contributed by atoms with Gasteiger partial charge in [-0.05, 0) is 24.1 Å². The molecule has 0 saturated heterocycles. The van der Waals surface area contributed by atoms with Crippen LogP contribution in [-0.2, 0) is 6.54 Å². The van der Waals surface area contributed by atoms with Crippen LogP contribution in [0.15, 0.2) is 24.3 Å². The zero-order valence-corrected chi connectivity index (χ0v) is 11.6. The zero-order chi connectivity index (χ0) is 16.3. The number of benzene rings is 1. The molecule has 0 aliphatic heterocycles. The van der Waals surface area contributed by atoms with E-state index in [1.807, 2.05) is 0 Å². The van der Waals surface area contributed by atoms with Gasteiger partial charge >= 0.3 is 5.97 Å². The van der Waals surface area contributed by atoms with Gasteiger partial charge in [-0.15, -0.1) is 0 Å². The molecule has 114 valence electrons. The summed E-state index contributed by atoms with van der Waals surface area (Å²) in [6, 6.07) is 5.48. The van der Waals surface area contributed by atoms with Crippen LogP contribution in [0.3, 0.4) is 0 Å². The van der Waals surface area contributed by atoms with E-state index < -0.39 is 11.9 Å². The van der Waals surface area contributed by atoms with Gasteiger partial charge in [-0.2, -0.15) is 0 Å². The van der Waals surface area contributed by atoms with E-state index in [2.05, 4.69) is 15.3 Å². The largest absolute Gasteiger partial charge is 0.477 e. The summed E-state index contributed by atoms with van der Waals surface area (Å²) in [6.07, 6.45) is 0. The van der Waals surface area contributed by atoms with Gasteiger partial charge in [-0.1, -0.05) is 12.1 Å². The topological polar surface area (TPSA) is 118 Å². The van der Waals surface area contributed by atoms with Crippen LogP contribution in [0.25, 0.3) is 0 Å². The predicted molar refractivity (Wildman–Crippen MR) is 75.7 cm³/mol. The highest BCUT2D eigenvalue weighted by atomic mass is 19.1. The van der Waals surface area contributed by atoms with Crippen molar-refractivity contribution in [2.24, 2.45) is 0 Å². The second kappa shape index (κ2) is 6.17. The third-order valence-corrected chi connectivity index (χ3v) is 2.87. The van der Waals surface area contributed by atoms with E-state index in [1.165, 1.54) is 6.07 Å². The summed E-state index contributed by atoms with van der Waals surface area (Å²) in [4.78, 5) is 30.0. The number of nitrogens with one attached hydrogen (secondary N) is 1. The van der Waals surface area contributed by atoms with E-state index >= 15 is 0 Å². The van der Waals surface area contributed by atoms with Crippen molar-refractivity contribution in [3.8, 4) is 0 Å². The maximum absolute atomic E-state index is 13.2. The Bertz CT molecular complexity index is 749. The molecule has 1 aromatic heterocycles. The maximum Gasteiger partial charge on any atom is 0.354 e. The molecule has 1 heterocycles. The lowest BCUT2D eigenvalue weighted by atomic mass is 10.1. The second-order valence-corrected chi connectivity index (χ2v) is 4.57. The molecule has 8 heteroatoms. The number of nitrogens with two attached hydrogens (primary N) is 1. The number of rotatable bonds is 4. The summed E-state index contributed by atoms with van der Waals surface area (Å²) in [7, 11) is 0. The molecule has 2 rings (SSSR count). The van der Waals surface area contributed by atoms with Crippen molar-refractivity contribution >= 4 is 17.8 Å². The zero-order valence-electron chi connectivity index (χ0n) is 11.6. The van der Waals surface area contributed by atoms with Crippen LogP contribution < -0.4 is 11.1 Å². The van der Waals surface area contributed by atoms with Gasteiger partial charge in [-0.3, -0.25) is 4.79 Å². The molecule has 1 aromatic carbocycles. The van der Waals surface area contributed by atoms with Gasteiger partial charge in [-0.25, -0.2) is 19.2 Å². The molecule has 0 bridgehead atoms. The van der Waals surface area contributed by atoms with Gasteiger partial charge in [0.1, 0.15) is 11.5 Å². The Hall–Kier alpha value is -3.03.